The van der Waals surface area contributed by atoms with Crippen LogP contribution in [-0.2, 0) is 22.1 Å². The van der Waals surface area contributed by atoms with E-state index in [1.54, 1.807) is 31.3 Å². The molecule has 3 N–H and O–H groups in total. The van der Waals surface area contributed by atoms with E-state index >= 15 is 0 Å². The zero-order valence-corrected chi connectivity index (χ0v) is 20.6. The van der Waals surface area contributed by atoms with Gasteiger partial charge in [0.1, 0.15) is 29.2 Å². The van der Waals surface area contributed by atoms with Crippen molar-refractivity contribution < 1.29 is 32.2 Å². The first-order valence-corrected chi connectivity index (χ1v) is 12.0. The summed E-state index contributed by atoms with van der Waals surface area (Å²) in [5.41, 5.74) is 0.872. The normalized spacial score (nSPS) is 23.2. The van der Waals surface area contributed by atoms with E-state index in [4.69, 9.17) is 9.47 Å². The zero-order valence-electron chi connectivity index (χ0n) is 20.6. The maximum atomic E-state index is 13.1. The molecule has 0 spiro atoms. The summed E-state index contributed by atoms with van der Waals surface area (Å²) in [6.07, 6.45) is 1.15. The van der Waals surface area contributed by atoms with Gasteiger partial charge in [-0.2, -0.15) is 13.2 Å². The molecule has 1 aromatic heterocycles. The SMILES string of the molecule is C=C1/C(=C\C=C(/C)Oc2ccnc3c2CCC(=O)N3)O[C@@H]2[C@@H](NC(=O)Nc3ccc(C)c(C(F)(F)F)c3)[C@H]12. The Labute approximate surface area is 216 Å². The Bertz CT molecular complexity index is 1400. The highest BCUT2D eigenvalue weighted by atomic mass is 19.4. The number of allylic oxidation sites excluding steroid dienone is 4. The minimum atomic E-state index is -4.51. The second-order valence-electron chi connectivity index (χ2n) is 9.38. The maximum Gasteiger partial charge on any atom is 0.416 e. The maximum absolute atomic E-state index is 13.1. The monoisotopic (exact) mass is 526 g/mol. The summed E-state index contributed by atoms with van der Waals surface area (Å²) < 4.78 is 51.3. The third-order valence-corrected chi connectivity index (χ3v) is 6.65. The number of aromatic nitrogens is 1. The number of urea groups is 1. The topological polar surface area (TPSA) is 102 Å². The molecular weight excluding hydrogens is 501 g/mol. The second-order valence-corrected chi connectivity index (χ2v) is 9.38. The molecular formula is C27H25F3N4O4. The van der Waals surface area contributed by atoms with Gasteiger partial charge in [-0.05, 0) is 61.8 Å². The summed E-state index contributed by atoms with van der Waals surface area (Å²) in [4.78, 5) is 28.2. The van der Waals surface area contributed by atoms with Crippen LogP contribution in [0.2, 0.25) is 0 Å². The number of benzene rings is 1. The molecule has 2 aliphatic heterocycles. The number of hydrogen-bond donors (Lipinski definition) is 3. The number of nitrogens with zero attached hydrogens (tertiary/aromatic N) is 1. The van der Waals surface area contributed by atoms with Crippen LogP contribution in [0, 0.1) is 12.8 Å². The predicted octanol–water partition coefficient (Wildman–Crippen LogP) is 5.24. The molecule has 3 amide bonds. The number of amides is 3. The fourth-order valence-electron chi connectivity index (χ4n) is 4.63. The largest absolute Gasteiger partial charge is 0.487 e. The highest BCUT2D eigenvalue weighted by Crippen LogP contribution is 2.50. The lowest BCUT2D eigenvalue weighted by atomic mass is 10.1. The Morgan fingerprint density at radius 2 is 2.08 bits per heavy atom. The Kier molecular flexibility index (Phi) is 6.38. The van der Waals surface area contributed by atoms with Crippen LogP contribution in [0.25, 0.3) is 0 Å². The van der Waals surface area contributed by atoms with Gasteiger partial charge in [0.2, 0.25) is 5.91 Å². The first-order valence-electron chi connectivity index (χ1n) is 12.0. The van der Waals surface area contributed by atoms with E-state index in [9.17, 15) is 22.8 Å². The fourth-order valence-corrected chi connectivity index (χ4v) is 4.63. The van der Waals surface area contributed by atoms with Crippen LogP contribution in [-0.4, -0.2) is 29.1 Å². The van der Waals surface area contributed by atoms with E-state index in [2.05, 4.69) is 27.5 Å². The predicted molar refractivity (Wildman–Crippen MR) is 133 cm³/mol. The highest BCUT2D eigenvalue weighted by molar-refractivity contribution is 5.93. The third-order valence-electron chi connectivity index (χ3n) is 6.65. The molecule has 38 heavy (non-hydrogen) atoms. The van der Waals surface area contributed by atoms with Gasteiger partial charge in [-0.1, -0.05) is 12.6 Å². The van der Waals surface area contributed by atoms with Crippen molar-refractivity contribution in [2.45, 2.75) is 45.0 Å². The number of aryl methyl sites for hydroxylation is 1. The third kappa shape index (κ3) is 5.09. The van der Waals surface area contributed by atoms with Gasteiger partial charge in [-0.25, -0.2) is 9.78 Å². The Morgan fingerprint density at radius 3 is 2.79 bits per heavy atom. The van der Waals surface area contributed by atoms with Gasteiger partial charge in [-0.3, -0.25) is 4.79 Å². The summed E-state index contributed by atoms with van der Waals surface area (Å²) in [7, 11) is 0. The number of fused-ring (bicyclic) bond motifs is 2. The minimum absolute atomic E-state index is 0.0463. The Morgan fingerprint density at radius 1 is 1.29 bits per heavy atom. The lowest BCUT2D eigenvalue weighted by molar-refractivity contribution is -0.138. The van der Waals surface area contributed by atoms with Gasteiger partial charge >= 0.3 is 12.2 Å². The Balaban J connectivity index is 1.16. The summed E-state index contributed by atoms with van der Waals surface area (Å²) in [5.74, 6) is 2.07. The number of carbonyl (C=O) groups is 2. The molecule has 1 aromatic carbocycles. The molecule has 5 rings (SSSR count). The molecule has 1 saturated heterocycles. The molecule has 1 aliphatic carbocycles. The average molecular weight is 527 g/mol. The summed E-state index contributed by atoms with van der Waals surface area (Å²) in [6, 6.07) is 4.43. The van der Waals surface area contributed by atoms with Crippen molar-refractivity contribution in [3.63, 3.8) is 0 Å². The molecule has 2 aromatic rings. The van der Waals surface area contributed by atoms with E-state index in [0.717, 1.165) is 11.6 Å². The number of ether oxygens (including phenoxy) is 2. The first-order chi connectivity index (χ1) is 18.0. The number of pyridine rings is 1. The molecule has 0 bridgehead atoms. The smallest absolute Gasteiger partial charge is 0.416 e. The van der Waals surface area contributed by atoms with Crippen LogP contribution in [0.1, 0.15) is 30.0 Å². The summed E-state index contributed by atoms with van der Waals surface area (Å²) in [6.45, 7) is 7.21. The number of anilines is 2. The van der Waals surface area contributed by atoms with Crippen molar-refractivity contribution in [1.29, 1.82) is 0 Å². The molecule has 11 heteroatoms. The fraction of sp³-hybridized carbons (Fsp3) is 0.296. The molecule has 1 saturated carbocycles. The van der Waals surface area contributed by atoms with Crippen molar-refractivity contribution in [2.24, 2.45) is 5.92 Å². The second kappa shape index (κ2) is 9.55. The molecule has 8 nitrogen and oxygen atoms in total. The molecule has 0 radical (unpaired) electrons. The zero-order chi connectivity index (χ0) is 27.2. The van der Waals surface area contributed by atoms with Crippen LogP contribution in [0.15, 0.2) is 66.3 Å². The lowest BCUT2D eigenvalue weighted by Gasteiger charge is -2.18. The van der Waals surface area contributed by atoms with Gasteiger partial charge in [0.15, 0.2) is 0 Å². The van der Waals surface area contributed by atoms with E-state index in [1.807, 2.05) is 0 Å². The van der Waals surface area contributed by atoms with Crippen molar-refractivity contribution >= 4 is 23.4 Å². The minimum Gasteiger partial charge on any atom is -0.487 e. The molecule has 3 atom stereocenters. The number of alkyl halides is 3. The standard InChI is InChI=1S/C27H25F3N4O4/c1-13-4-6-16(12-18(13)27(28,29)30)32-26(36)34-23-22-15(3)19(38-24(22)23)8-5-14(2)37-20-10-11-31-25-17(20)7-9-21(35)33-25/h4-6,8,10-12,22-24H,3,7,9H2,1-2H3,(H,31,33,35)(H2,32,34,36)/b14-5+,19-8+/t22-,23-,24-/m0/s1. The molecule has 2 fully saturated rings. The summed E-state index contributed by atoms with van der Waals surface area (Å²) >= 11 is 0. The van der Waals surface area contributed by atoms with E-state index in [0.29, 0.717) is 41.5 Å². The van der Waals surface area contributed by atoms with Gasteiger partial charge in [-0.15, -0.1) is 0 Å². The molecule has 3 aliphatic rings. The Hall–Kier alpha value is -4.28. The lowest BCUT2D eigenvalue weighted by Crippen LogP contribution is -2.34. The van der Waals surface area contributed by atoms with E-state index in [1.165, 1.54) is 19.1 Å². The quantitative estimate of drug-likeness (QED) is 0.463. The van der Waals surface area contributed by atoms with Crippen LogP contribution in [0.3, 0.4) is 0 Å². The average Bonchev–Trinajstić information content (AvgIpc) is 3.40. The number of nitrogens with one attached hydrogen (secondary N) is 3. The van der Waals surface area contributed by atoms with Crippen LogP contribution >= 0.6 is 0 Å². The highest BCUT2D eigenvalue weighted by Gasteiger charge is 2.60. The van der Waals surface area contributed by atoms with E-state index in [-0.39, 0.29) is 35.2 Å². The molecule has 3 heterocycles. The van der Waals surface area contributed by atoms with Gasteiger partial charge < -0.3 is 25.4 Å². The number of carbonyl (C=O) groups excluding carboxylic acids is 2. The molecule has 0 unspecified atom stereocenters. The number of halogens is 3. The first kappa shape index (κ1) is 25.4. The number of hydrogen-bond acceptors (Lipinski definition) is 5. The van der Waals surface area contributed by atoms with Crippen molar-refractivity contribution in [2.75, 3.05) is 10.6 Å². The number of rotatable bonds is 5. The van der Waals surface area contributed by atoms with Gasteiger partial charge in [0.05, 0.1) is 17.5 Å². The van der Waals surface area contributed by atoms with E-state index < -0.39 is 17.8 Å². The van der Waals surface area contributed by atoms with Crippen LogP contribution < -0.4 is 20.7 Å². The van der Waals surface area contributed by atoms with Gasteiger partial charge in [0.25, 0.3) is 0 Å². The van der Waals surface area contributed by atoms with Crippen LogP contribution in [0.5, 0.6) is 5.75 Å². The van der Waals surface area contributed by atoms with Crippen molar-refractivity contribution in [3.05, 3.63) is 83.0 Å². The van der Waals surface area contributed by atoms with Crippen molar-refractivity contribution in [1.82, 2.24) is 10.3 Å². The van der Waals surface area contributed by atoms with Crippen molar-refractivity contribution in [3.8, 4) is 5.75 Å². The summed E-state index contributed by atoms with van der Waals surface area (Å²) in [5, 5.41) is 7.92. The van der Waals surface area contributed by atoms with Gasteiger partial charge in [0, 0.05) is 23.9 Å². The van der Waals surface area contributed by atoms with Crippen LogP contribution in [0.4, 0.5) is 29.5 Å². The molecule has 198 valence electrons.